The van der Waals surface area contributed by atoms with Gasteiger partial charge in [-0.3, -0.25) is 0 Å². The molecule has 0 atom stereocenters. The van der Waals surface area contributed by atoms with E-state index in [4.69, 9.17) is 20.5 Å². The molecule has 0 heterocycles. The minimum Gasteiger partial charge on any atom is -0.496 e. The Morgan fingerprint density at radius 2 is 2.00 bits per heavy atom. The largest absolute Gasteiger partial charge is 0.496 e. The molecule has 0 aromatic heterocycles. The number of benzene rings is 2. The van der Waals surface area contributed by atoms with Crippen molar-refractivity contribution in [3.8, 4) is 17.6 Å². The maximum absolute atomic E-state index is 13.8. The molecule has 5 heteroatoms. The van der Waals surface area contributed by atoms with Crippen LogP contribution in [0.2, 0.25) is 0 Å². The van der Waals surface area contributed by atoms with Crippen LogP contribution in [0.5, 0.6) is 11.5 Å². The van der Waals surface area contributed by atoms with E-state index < -0.39 is 5.82 Å². The summed E-state index contributed by atoms with van der Waals surface area (Å²) in [5.74, 6) is 0.182. The summed E-state index contributed by atoms with van der Waals surface area (Å²) in [4.78, 5) is 0. The summed E-state index contributed by atoms with van der Waals surface area (Å²) < 4.78 is 24.5. The van der Waals surface area contributed by atoms with Gasteiger partial charge in [0.15, 0.2) is 11.6 Å². The van der Waals surface area contributed by atoms with Gasteiger partial charge in [-0.2, -0.15) is 5.26 Å². The molecule has 4 nitrogen and oxygen atoms in total. The van der Waals surface area contributed by atoms with E-state index in [0.717, 1.165) is 5.56 Å². The third-order valence-corrected chi connectivity index (χ3v) is 3.11. The zero-order valence-electron chi connectivity index (χ0n) is 11.8. The number of halogens is 1. The van der Waals surface area contributed by atoms with Crippen molar-refractivity contribution in [2.45, 2.75) is 13.5 Å². The van der Waals surface area contributed by atoms with E-state index in [1.165, 1.54) is 13.2 Å². The van der Waals surface area contributed by atoms with E-state index in [0.29, 0.717) is 22.6 Å². The molecule has 0 radical (unpaired) electrons. The highest BCUT2D eigenvalue weighted by atomic mass is 19.1. The molecule has 0 aliphatic heterocycles. The van der Waals surface area contributed by atoms with Gasteiger partial charge in [-0.1, -0.05) is 0 Å². The number of hydrogen-bond acceptors (Lipinski definition) is 4. The van der Waals surface area contributed by atoms with Crippen LogP contribution in [0.15, 0.2) is 30.3 Å². The fraction of sp³-hybridized carbons (Fsp3) is 0.188. The lowest BCUT2D eigenvalue weighted by molar-refractivity contribution is 0.282. The molecule has 0 unspecified atom stereocenters. The fourth-order valence-corrected chi connectivity index (χ4v) is 1.90. The van der Waals surface area contributed by atoms with Crippen LogP contribution < -0.4 is 15.2 Å². The van der Waals surface area contributed by atoms with Crippen molar-refractivity contribution in [3.63, 3.8) is 0 Å². The standard InChI is InChI=1S/C16H15FN2O2/c1-10-5-16(13(17)7-14(10)19)21-9-12-6-11(8-18)3-4-15(12)20-2/h3-7H,9,19H2,1-2H3. The Morgan fingerprint density at radius 1 is 1.24 bits per heavy atom. The Labute approximate surface area is 122 Å². The van der Waals surface area contributed by atoms with Gasteiger partial charge in [0.05, 0.1) is 18.7 Å². The molecule has 0 saturated heterocycles. The smallest absolute Gasteiger partial charge is 0.167 e. The number of nitrogens with zero attached hydrogens (tertiary/aromatic N) is 1. The first-order valence-electron chi connectivity index (χ1n) is 6.30. The number of hydrogen-bond donors (Lipinski definition) is 1. The number of methoxy groups -OCH3 is 1. The average molecular weight is 286 g/mol. The molecule has 2 N–H and O–H groups in total. The first-order chi connectivity index (χ1) is 10.0. The van der Waals surface area contributed by atoms with E-state index in [9.17, 15) is 4.39 Å². The van der Waals surface area contributed by atoms with Gasteiger partial charge < -0.3 is 15.2 Å². The predicted octanol–water partition coefficient (Wildman–Crippen LogP) is 3.18. The normalized spacial score (nSPS) is 10.0. The molecule has 2 aromatic carbocycles. The molecule has 0 aliphatic rings. The van der Waals surface area contributed by atoms with E-state index in [1.807, 2.05) is 6.07 Å². The van der Waals surface area contributed by atoms with E-state index in [1.54, 1.807) is 31.2 Å². The second kappa shape index (κ2) is 6.14. The van der Waals surface area contributed by atoms with E-state index in [2.05, 4.69) is 0 Å². The predicted molar refractivity (Wildman–Crippen MR) is 77.6 cm³/mol. The minimum atomic E-state index is -0.520. The van der Waals surface area contributed by atoms with Crippen molar-refractivity contribution in [2.24, 2.45) is 0 Å². The van der Waals surface area contributed by atoms with Gasteiger partial charge in [0.2, 0.25) is 0 Å². The molecule has 0 spiro atoms. The maximum Gasteiger partial charge on any atom is 0.167 e. The summed E-state index contributed by atoms with van der Waals surface area (Å²) in [6.07, 6.45) is 0. The topological polar surface area (TPSA) is 68.3 Å². The highest BCUT2D eigenvalue weighted by molar-refractivity contribution is 5.50. The number of aryl methyl sites for hydroxylation is 1. The Morgan fingerprint density at radius 3 is 2.67 bits per heavy atom. The molecule has 0 amide bonds. The van der Waals surface area contributed by atoms with Crippen molar-refractivity contribution in [2.75, 3.05) is 12.8 Å². The molecule has 2 aromatic rings. The molecular formula is C16H15FN2O2. The zero-order chi connectivity index (χ0) is 15.4. The van der Waals surface area contributed by atoms with Crippen molar-refractivity contribution in [3.05, 3.63) is 52.8 Å². The summed E-state index contributed by atoms with van der Waals surface area (Å²) in [5.41, 5.74) is 7.91. The third-order valence-electron chi connectivity index (χ3n) is 3.11. The Balaban J connectivity index is 2.24. The lowest BCUT2D eigenvalue weighted by Gasteiger charge is -2.12. The minimum absolute atomic E-state index is 0.0962. The molecular weight excluding hydrogens is 271 g/mol. The molecule has 0 fully saturated rings. The van der Waals surface area contributed by atoms with Crippen molar-refractivity contribution >= 4 is 5.69 Å². The molecule has 21 heavy (non-hydrogen) atoms. The van der Waals surface area contributed by atoms with Crippen LogP contribution in [-0.2, 0) is 6.61 Å². The van der Waals surface area contributed by atoms with Crippen LogP contribution in [0.25, 0.3) is 0 Å². The highest BCUT2D eigenvalue weighted by Gasteiger charge is 2.10. The number of rotatable bonds is 4. The van der Waals surface area contributed by atoms with Crippen LogP contribution in [0.3, 0.4) is 0 Å². The van der Waals surface area contributed by atoms with Crippen LogP contribution in [0, 0.1) is 24.1 Å². The van der Waals surface area contributed by atoms with Crippen molar-refractivity contribution < 1.29 is 13.9 Å². The van der Waals surface area contributed by atoms with Crippen LogP contribution in [-0.4, -0.2) is 7.11 Å². The van der Waals surface area contributed by atoms with Gasteiger partial charge >= 0.3 is 0 Å². The molecule has 0 bridgehead atoms. The van der Waals surface area contributed by atoms with Gasteiger partial charge in [-0.25, -0.2) is 4.39 Å². The lowest BCUT2D eigenvalue weighted by Crippen LogP contribution is -2.02. The summed E-state index contributed by atoms with van der Waals surface area (Å²) in [6, 6.07) is 9.80. The van der Waals surface area contributed by atoms with E-state index >= 15 is 0 Å². The first-order valence-corrected chi connectivity index (χ1v) is 6.30. The monoisotopic (exact) mass is 286 g/mol. The first kappa shape index (κ1) is 14.7. The number of nitriles is 1. The Bertz CT molecular complexity index is 708. The summed E-state index contributed by atoms with van der Waals surface area (Å²) in [5, 5.41) is 8.92. The molecule has 0 aliphatic carbocycles. The van der Waals surface area contributed by atoms with Crippen molar-refractivity contribution in [1.29, 1.82) is 5.26 Å². The average Bonchev–Trinajstić information content (AvgIpc) is 2.49. The fourth-order valence-electron chi connectivity index (χ4n) is 1.90. The maximum atomic E-state index is 13.8. The van der Waals surface area contributed by atoms with E-state index in [-0.39, 0.29) is 12.4 Å². The van der Waals surface area contributed by atoms with Gasteiger partial charge in [0, 0.05) is 17.3 Å². The zero-order valence-corrected chi connectivity index (χ0v) is 11.8. The quantitative estimate of drug-likeness (QED) is 0.876. The second-order valence-corrected chi connectivity index (χ2v) is 4.57. The Hall–Kier alpha value is -2.74. The van der Waals surface area contributed by atoms with Gasteiger partial charge in [-0.05, 0) is 36.8 Å². The summed E-state index contributed by atoms with van der Waals surface area (Å²) >= 11 is 0. The number of nitrogens with two attached hydrogens (primary N) is 1. The molecule has 0 saturated carbocycles. The SMILES string of the molecule is COc1ccc(C#N)cc1COc1cc(C)c(N)cc1F. The Kier molecular flexibility index (Phi) is 4.29. The summed E-state index contributed by atoms with van der Waals surface area (Å²) in [6.45, 7) is 1.87. The number of ether oxygens (including phenoxy) is 2. The number of nitrogen functional groups attached to an aromatic ring is 1. The van der Waals surface area contributed by atoms with Gasteiger partial charge in [0.25, 0.3) is 0 Å². The molecule has 108 valence electrons. The highest BCUT2D eigenvalue weighted by Crippen LogP contribution is 2.26. The molecule has 2 rings (SSSR count). The van der Waals surface area contributed by atoms with Crippen LogP contribution >= 0.6 is 0 Å². The number of anilines is 1. The van der Waals surface area contributed by atoms with Gasteiger partial charge in [0.1, 0.15) is 12.4 Å². The third kappa shape index (κ3) is 3.23. The van der Waals surface area contributed by atoms with Gasteiger partial charge in [-0.15, -0.1) is 0 Å². The lowest BCUT2D eigenvalue weighted by atomic mass is 10.1. The van der Waals surface area contributed by atoms with Crippen LogP contribution in [0.1, 0.15) is 16.7 Å². The van der Waals surface area contributed by atoms with Crippen molar-refractivity contribution in [1.82, 2.24) is 0 Å². The second-order valence-electron chi connectivity index (χ2n) is 4.57. The van der Waals surface area contributed by atoms with Crippen LogP contribution in [0.4, 0.5) is 10.1 Å². The summed E-state index contributed by atoms with van der Waals surface area (Å²) in [7, 11) is 1.53.